The number of para-hydroxylation sites is 6. The van der Waals surface area contributed by atoms with Gasteiger partial charge in [-0.05, 0) is 108 Å². The highest BCUT2D eigenvalue weighted by Crippen LogP contribution is 2.37. The maximum Gasteiger partial charge on any atom is 0.488 e. The number of hydrogen-bond acceptors (Lipinski definition) is 6. The lowest BCUT2D eigenvalue weighted by atomic mass is 9.80. The number of fused-ring (bicyclic) bond motifs is 9. The highest BCUT2D eigenvalue weighted by molar-refractivity contribution is 6.58. The predicted molar refractivity (Wildman–Crippen MR) is 314 cm³/mol. The molecule has 366 valence electrons. The summed E-state index contributed by atoms with van der Waals surface area (Å²) in [5.74, 6) is 0. The minimum Gasteiger partial charge on any atom is -0.423 e. The predicted octanol–water partition coefficient (Wildman–Crippen LogP) is 15.6. The molecule has 5 heterocycles. The van der Waals surface area contributed by atoms with Crippen LogP contribution in [0.3, 0.4) is 0 Å². The van der Waals surface area contributed by atoms with E-state index in [1.165, 1.54) is 60.5 Å². The van der Waals surface area contributed by atoms with Gasteiger partial charge in [-0.3, -0.25) is 0 Å². The Bertz CT molecular complexity index is 4110. The van der Waals surface area contributed by atoms with Gasteiger partial charge in [-0.2, -0.15) is 0 Å². The zero-order valence-corrected chi connectivity index (χ0v) is 43.1. The normalized spacial score (nSPS) is 11.3. The molecule has 0 bridgehead atoms. The average molecular weight is 1070 g/mol. The van der Waals surface area contributed by atoms with Crippen molar-refractivity contribution < 1.29 is 10.0 Å². The molecule has 0 aliphatic heterocycles. The van der Waals surface area contributed by atoms with Gasteiger partial charge < -0.3 is 23.7 Å². The van der Waals surface area contributed by atoms with Gasteiger partial charge in [-0.15, -0.1) is 0 Å². The van der Waals surface area contributed by atoms with Crippen molar-refractivity contribution in [2.75, 3.05) is 0 Å². The van der Waals surface area contributed by atoms with E-state index in [2.05, 4.69) is 203 Å². The van der Waals surface area contributed by atoms with Gasteiger partial charge in [0, 0.05) is 66.6 Å². The van der Waals surface area contributed by atoms with E-state index in [0.29, 0.717) is 5.46 Å². The van der Waals surface area contributed by atoms with Gasteiger partial charge in [0.1, 0.15) is 10.3 Å². The molecule has 0 fully saturated rings. The van der Waals surface area contributed by atoms with E-state index in [9.17, 15) is 10.0 Å². The Labute approximate surface area is 456 Å². The molecule has 0 saturated carbocycles. The number of hydrogen-bond donors (Lipinski definition) is 2. The molecule has 0 aliphatic rings. The largest absolute Gasteiger partial charge is 0.488 e. The van der Waals surface area contributed by atoms with Crippen LogP contribution in [0.15, 0.2) is 231 Å². The third kappa shape index (κ3) is 9.32. The molecule has 0 radical (unpaired) electrons. The summed E-state index contributed by atoms with van der Waals surface area (Å²) in [4.78, 5) is 16.5. The Balaban J connectivity index is 0.000000154. The fourth-order valence-electron chi connectivity index (χ4n) is 10.1. The Hall–Kier alpha value is -8.32. The Kier molecular flexibility index (Phi) is 13.3. The standard InChI is InChI=1S/C40H25ClN4.C18H14BNO2.C4HCl3N2/c41-40-42-34(26-11-9-13-28(23-26)44-36-19-5-1-15-30(36)31-16-2-6-20-37(31)44)25-35(43-40)27-12-10-14-29(24-27)45-38-21-7-3-17-32(38)33-18-4-8-22-39(33)45;21-19(22)13-6-5-7-14(12-13)20-17-10-3-1-8-15(17)16-9-2-4-11-18(16)20;5-2-1-3(6)9-4(7)8-2/h1-25H;1-12,21-22H;1H. The molecule has 0 saturated heterocycles. The fourth-order valence-corrected chi connectivity index (χ4v) is 11.0. The SMILES string of the molecule is Clc1cc(Cl)nc(Cl)n1.Clc1nc(-c2cccc(-n3c4ccccc4c4ccccc43)c2)cc(-c2cccc(-n3c4ccccc4c4ccccc43)c2)n1.OB(O)c1cccc(-n2c3ccccc3c3ccccc32)c1. The molecular formula is C62H40BCl4N7O2. The molecular weight excluding hydrogens is 1030 g/mol. The molecule has 0 amide bonds. The van der Waals surface area contributed by atoms with Crippen LogP contribution in [0.1, 0.15) is 0 Å². The second-order valence-electron chi connectivity index (χ2n) is 17.9. The molecule has 14 heteroatoms. The van der Waals surface area contributed by atoms with Crippen molar-refractivity contribution in [2.45, 2.75) is 0 Å². The van der Waals surface area contributed by atoms with E-state index in [1.807, 2.05) is 48.5 Å². The van der Waals surface area contributed by atoms with E-state index in [4.69, 9.17) is 46.4 Å². The van der Waals surface area contributed by atoms with Crippen LogP contribution in [0.5, 0.6) is 0 Å². The molecule has 0 atom stereocenters. The number of nitrogens with zero attached hydrogens (tertiary/aromatic N) is 7. The molecule has 76 heavy (non-hydrogen) atoms. The lowest BCUT2D eigenvalue weighted by Crippen LogP contribution is -2.29. The first-order valence-corrected chi connectivity index (χ1v) is 25.7. The Morgan fingerprint density at radius 3 is 0.934 bits per heavy atom. The highest BCUT2D eigenvalue weighted by atomic mass is 35.5. The third-order valence-electron chi connectivity index (χ3n) is 13.3. The lowest BCUT2D eigenvalue weighted by Gasteiger charge is -2.12. The van der Waals surface area contributed by atoms with Crippen molar-refractivity contribution in [3.05, 3.63) is 251 Å². The highest BCUT2D eigenvalue weighted by Gasteiger charge is 2.18. The zero-order valence-electron chi connectivity index (χ0n) is 40.1. The van der Waals surface area contributed by atoms with Crippen molar-refractivity contribution in [3.63, 3.8) is 0 Å². The summed E-state index contributed by atoms with van der Waals surface area (Å²) in [6.07, 6.45) is 0. The second-order valence-corrected chi connectivity index (χ2v) is 19.3. The van der Waals surface area contributed by atoms with Crippen molar-refractivity contribution in [1.82, 2.24) is 33.6 Å². The summed E-state index contributed by atoms with van der Waals surface area (Å²) >= 11 is 22.8. The van der Waals surface area contributed by atoms with Gasteiger partial charge in [0.25, 0.3) is 0 Å². The number of aromatic nitrogens is 7. The molecule has 14 rings (SSSR count). The van der Waals surface area contributed by atoms with Crippen LogP contribution in [-0.4, -0.2) is 50.8 Å². The average Bonchev–Trinajstić information content (AvgIpc) is 4.18. The molecule has 0 unspecified atom stereocenters. The second kappa shape index (κ2) is 20.8. The van der Waals surface area contributed by atoms with E-state index in [0.717, 1.165) is 50.6 Å². The van der Waals surface area contributed by atoms with Crippen LogP contribution >= 0.6 is 46.4 Å². The van der Waals surface area contributed by atoms with Crippen LogP contribution in [0, 0.1) is 0 Å². The van der Waals surface area contributed by atoms with Gasteiger partial charge >= 0.3 is 7.12 Å². The van der Waals surface area contributed by atoms with Gasteiger partial charge in [0.2, 0.25) is 10.6 Å². The summed E-state index contributed by atoms with van der Waals surface area (Å²) < 4.78 is 6.77. The number of halogens is 4. The Morgan fingerprint density at radius 2 is 0.605 bits per heavy atom. The minimum atomic E-state index is -1.46. The first kappa shape index (κ1) is 48.6. The van der Waals surface area contributed by atoms with Crippen molar-refractivity contribution in [2.24, 2.45) is 0 Å². The van der Waals surface area contributed by atoms with Crippen LogP contribution in [-0.2, 0) is 0 Å². The van der Waals surface area contributed by atoms with Crippen molar-refractivity contribution >= 4 is 124 Å². The first-order valence-electron chi connectivity index (χ1n) is 24.2. The van der Waals surface area contributed by atoms with Crippen molar-refractivity contribution in [1.29, 1.82) is 0 Å². The summed E-state index contributed by atoms with van der Waals surface area (Å²) in [5, 5.41) is 26.9. The molecule has 9 nitrogen and oxygen atoms in total. The number of benzene rings is 9. The Morgan fingerprint density at radius 1 is 0.303 bits per heavy atom. The first-order chi connectivity index (χ1) is 37.2. The topological polar surface area (TPSA) is 107 Å². The van der Waals surface area contributed by atoms with Crippen LogP contribution in [0.2, 0.25) is 20.9 Å². The van der Waals surface area contributed by atoms with Crippen molar-refractivity contribution in [3.8, 4) is 39.6 Å². The lowest BCUT2D eigenvalue weighted by molar-refractivity contribution is 0.425. The quantitative estimate of drug-likeness (QED) is 0.0976. The number of rotatable bonds is 6. The van der Waals surface area contributed by atoms with E-state index in [1.54, 1.807) is 6.07 Å². The van der Waals surface area contributed by atoms with Gasteiger partial charge in [-0.1, -0.05) is 169 Å². The fraction of sp³-hybridized carbons (Fsp3) is 0. The van der Waals surface area contributed by atoms with Gasteiger partial charge in [0.15, 0.2) is 0 Å². The van der Waals surface area contributed by atoms with E-state index < -0.39 is 7.12 Å². The third-order valence-corrected chi connectivity index (χ3v) is 14.0. The molecule has 9 aromatic carbocycles. The van der Waals surface area contributed by atoms with Crippen LogP contribution in [0.25, 0.3) is 105 Å². The molecule has 2 N–H and O–H groups in total. The summed E-state index contributed by atoms with van der Waals surface area (Å²) in [6, 6.07) is 78.4. The van der Waals surface area contributed by atoms with Crippen LogP contribution in [0.4, 0.5) is 0 Å². The summed E-state index contributed by atoms with van der Waals surface area (Å²) in [5.41, 5.74) is 13.9. The van der Waals surface area contributed by atoms with Gasteiger partial charge in [-0.25, -0.2) is 19.9 Å². The molecule has 0 spiro atoms. The molecule has 5 aromatic heterocycles. The van der Waals surface area contributed by atoms with E-state index >= 15 is 0 Å². The molecule has 0 aliphatic carbocycles. The maximum atomic E-state index is 9.42. The minimum absolute atomic E-state index is 0.0625. The summed E-state index contributed by atoms with van der Waals surface area (Å²) in [6.45, 7) is 0. The molecule has 14 aromatic rings. The smallest absolute Gasteiger partial charge is 0.423 e. The zero-order chi connectivity index (χ0) is 51.9. The van der Waals surface area contributed by atoms with Crippen LogP contribution < -0.4 is 5.46 Å². The monoisotopic (exact) mass is 1070 g/mol. The summed E-state index contributed by atoms with van der Waals surface area (Å²) in [7, 11) is -1.46. The maximum absolute atomic E-state index is 9.42. The van der Waals surface area contributed by atoms with E-state index in [-0.39, 0.29) is 20.9 Å². The van der Waals surface area contributed by atoms with Gasteiger partial charge in [0.05, 0.1) is 44.5 Å².